The van der Waals surface area contributed by atoms with Crippen molar-refractivity contribution in [3.05, 3.63) is 85.1 Å². The van der Waals surface area contributed by atoms with Crippen molar-refractivity contribution < 1.29 is 19.1 Å². The topological polar surface area (TPSA) is 66.9 Å². The van der Waals surface area contributed by atoms with Crippen molar-refractivity contribution in [1.82, 2.24) is 9.80 Å². The molecule has 0 aromatic rings. The maximum absolute atomic E-state index is 12.7. The molecule has 0 radical (unpaired) electrons. The van der Waals surface area contributed by atoms with E-state index in [1.165, 1.54) is 13.2 Å². The molecule has 2 atom stereocenters. The standard InChI is InChI=1S/C33H48N2O4/c1-5-6-7-8-9-10-11-12-13-14-15-16-17-18-19-20-21-22-23-24-31(36)34-27-29(2)35(30(3)28-34)32(37)25-26-33(38)39-4/h6-7,9-10,12-13,15-16,18-19,21-22,25-26,29-30H,5,8,11,14,17,20,23-24,27-28H2,1-4H3/t29-,30+. The molecule has 1 fully saturated rings. The second-order valence-corrected chi connectivity index (χ2v) is 9.55. The summed E-state index contributed by atoms with van der Waals surface area (Å²) >= 11 is 0. The third-order valence-corrected chi connectivity index (χ3v) is 6.21. The molecule has 0 aromatic carbocycles. The number of carbonyl (C=O) groups is 3. The summed E-state index contributed by atoms with van der Waals surface area (Å²) in [5.41, 5.74) is 0. The quantitative estimate of drug-likeness (QED) is 0.126. The molecule has 0 saturated carbocycles. The molecular weight excluding hydrogens is 488 g/mol. The van der Waals surface area contributed by atoms with E-state index in [1.54, 1.807) is 4.90 Å². The molecule has 0 aromatic heterocycles. The largest absolute Gasteiger partial charge is 0.466 e. The van der Waals surface area contributed by atoms with Gasteiger partial charge in [-0.1, -0.05) is 79.8 Å². The summed E-state index contributed by atoms with van der Waals surface area (Å²) in [6, 6.07) is -0.253. The number of allylic oxidation sites excluding steroid dienone is 12. The van der Waals surface area contributed by atoms with Crippen molar-refractivity contribution in [2.75, 3.05) is 20.2 Å². The fourth-order valence-electron chi connectivity index (χ4n) is 4.26. The van der Waals surface area contributed by atoms with E-state index in [0.29, 0.717) is 25.9 Å². The first-order valence-corrected chi connectivity index (χ1v) is 14.2. The minimum atomic E-state index is -0.563. The lowest BCUT2D eigenvalue weighted by Gasteiger charge is -2.44. The zero-order chi connectivity index (χ0) is 28.7. The van der Waals surface area contributed by atoms with Crippen LogP contribution in [0.3, 0.4) is 0 Å². The number of esters is 1. The van der Waals surface area contributed by atoms with Gasteiger partial charge in [0.1, 0.15) is 0 Å². The van der Waals surface area contributed by atoms with Crippen molar-refractivity contribution in [2.45, 2.75) is 84.2 Å². The first-order chi connectivity index (χ1) is 18.9. The highest BCUT2D eigenvalue weighted by Crippen LogP contribution is 2.18. The van der Waals surface area contributed by atoms with Gasteiger partial charge in [-0.2, -0.15) is 0 Å². The predicted molar refractivity (Wildman–Crippen MR) is 161 cm³/mol. The van der Waals surface area contributed by atoms with Crippen molar-refractivity contribution in [3.63, 3.8) is 0 Å². The van der Waals surface area contributed by atoms with Gasteiger partial charge >= 0.3 is 5.97 Å². The monoisotopic (exact) mass is 536 g/mol. The van der Waals surface area contributed by atoms with Gasteiger partial charge in [0.25, 0.3) is 0 Å². The van der Waals surface area contributed by atoms with Crippen molar-refractivity contribution in [2.24, 2.45) is 0 Å². The van der Waals surface area contributed by atoms with Crippen molar-refractivity contribution >= 4 is 17.8 Å². The Morgan fingerprint density at radius 2 is 1.13 bits per heavy atom. The molecule has 0 bridgehead atoms. The molecule has 6 heteroatoms. The van der Waals surface area contributed by atoms with Gasteiger partial charge in [-0.05, 0) is 58.8 Å². The number of carbonyl (C=O) groups excluding carboxylic acids is 3. The van der Waals surface area contributed by atoms with Gasteiger partial charge in [0.2, 0.25) is 11.8 Å². The third-order valence-electron chi connectivity index (χ3n) is 6.21. The van der Waals surface area contributed by atoms with Crippen LogP contribution in [0.25, 0.3) is 0 Å². The van der Waals surface area contributed by atoms with E-state index >= 15 is 0 Å². The average molecular weight is 537 g/mol. The molecule has 0 spiro atoms. The first-order valence-electron chi connectivity index (χ1n) is 14.2. The van der Waals surface area contributed by atoms with Crippen LogP contribution < -0.4 is 0 Å². The Bertz CT molecular complexity index is 927. The van der Waals surface area contributed by atoms with Crippen LogP contribution in [-0.4, -0.2) is 59.9 Å². The molecule has 1 aliphatic heterocycles. The second-order valence-electron chi connectivity index (χ2n) is 9.55. The van der Waals surface area contributed by atoms with Crippen LogP contribution in [0.2, 0.25) is 0 Å². The number of hydrogen-bond acceptors (Lipinski definition) is 4. The van der Waals surface area contributed by atoms with Gasteiger partial charge in [-0.15, -0.1) is 0 Å². The van der Waals surface area contributed by atoms with Crippen LogP contribution >= 0.6 is 0 Å². The lowest BCUT2D eigenvalue weighted by Crippen LogP contribution is -2.59. The summed E-state index contributed by atoms with van der Waals surface area (Å²) < 4.78 is 4.54. The van der Waals surface area contributed by atoms with E-state index in [1.807, 2.05) is 18.7 Å². The van der Waals surface area contributed by atoms with Gasteiger partial charge in [-0.25, -0.2) is 4.79 Å². The SMILES string of the molecule is CCC=CCC=CCC=CCC=CCC=CCC=CCCC(=O)N1C[C@@H](C)N(C(=O)C=CC(=O)OC)[C@@H](C)C1. The Kier molecular flexibility index (Phi) is 18.5. The van der Waals surface area contributed by atoms with Gasteiger partial charge in [0, 0.05) is 43.7 Å². The van der Waals surface area contributed by atoms with Crippen molar-refractivity contribution in [3.8, 4) is 0 Å². The molecular formula is C33H48N2O4. The average Bonchev–Trinajstić information content (AvgIpc) is 2.92. The number of rotatable bonds is 16. The molecule has 6 nitrogen and oxygen atoms in total. The van der Waals surface area contributed by atoms with E-state index < -0.39 is 5.97 Å². The van der Waals surface area contributed by atoms with Crippen LogP contribution in [0, 0.1) is 0 Å². The second kappa shape index (κ2) is 21.5. The summed E-state index contributed by atoms with van der Waals surface area (Å²) in [6.07, 6.45) is 35.4. The summed E-state index contributed by atoms with van der Waals surface area (Å²) in [5, 5.41) is 0. The van der Waals surface area contributed by atoms with Gasteiger partial charge in [0.05, 0.1) is 7.11 Å². The third kappa shape index (κ3) is 15.6. The highest BCUT2D eigenvalue weighted by molar-refractivity contribution is 5.95. The maximum atomic E-state index is 12.7. The summed E-state index contributed by atoms with van der Waals surface area (Å²) in [6.45, 7) is 6.97. The normalized spacial score (nSPS) is 18.9. The number of hydrogen-bond donors (Lipinski definition) is 0. The van der Waals surface area contributed by atoms with E-state index in [2.05, 4.69) is 84.6 Å². The predicted octanol–water partition coefficient (Wildman–Crippen LogP) is 6.64. The number of methoxy groups -OCH3 is 1. The lowest BCUT2D eigenvalue weighted by atomic mass is 10.1. The van der Waals surface area contributed by atoms with Crippen LogP contribution in [0.1, 0.15) is 72.1 Å². The van der Waals surface area contributed by atoms with Crippen LogP contribution in [0.4, 0.5) is 0 Å². The Balaban J connectivity index is 2.21. The zero-order valence-electron chi connectivity index (χ0n) is 24.3. The maximum Gasteiger partial charge on any atom is 0.330 e. The van der Waals surface area contributed by atoms with E-state index in [9.17, 15) is 14.4 Å². The number of amides is 2. The number of nitrogens with zero attached hydrogens (tertiary/aromatic N) is 2. The van der Waals surface area contributed by atoms with Crippen LogP contribution in [0.5, 0.6) is 0 Å². The Morgan fingerprint density at radius 1 is 0.692 bits per heavy atom. The molecule has 0 aliphatic carbocycles. The minimum Gasteiger partial charge on any atom is -0.466 e. The first kappa shape index (κ1) is 33.6. The molecule has 39 heavy (non-hydrogen) atoms. The van der Waals surface area contributed by atoms with Gasteiger partial charge in [-0.3, -0.25) is 9.59 Å². The molecule has 1 heterocycles. The summed E-state index contributed by atoms with van der Waals surface area (Å²) in [5.74, 6) is -0.706. The number of ether oxygens (including phenoxy) is 1. The molecule has 1 rings (SSSR count). The highest BCUT2D eigenvalue weighted by atomic mass is 16.5. The molecule has 0 unspecified atom stereocenters. The Morgan fingerprint density at radius 3 is 1.56 bits per heavy atom. The molecule has 1 aliphatic rings. The Hall–Kier alpha value is -3.41. The number of piperazine rings is 1. The van der Waals surface area contributed by atoms with Gasteiger partial charge in [0.15, 0.2) is 0 Å². The van der Waals surface area contributed by atoms with Crippen molar-refractivity contribution in [1.29, 1.82) is 0 Å². The molecule has 1 saturated heterocycles. The van der Waals surface area contributed by atoms with E-state index in [0.717, 1.165) is 44.6 Å². The zero-order valence-corrected chi connectivity index (χ0v) is 24.3. The fourth-order valence-corrected chi connectivity index (χ4v) is 4.26. The fraction of sp³-hybridized carbons (Fsp3) is 0.485. The lowest BCUT2D eigenvalue weighted by molar-refractivity contribution is -0.143. The summed E-state index contributed by atoms with van der Waals surface area (Å²) in [4.78, 5) is 40.0. The smallest absolute Gasteiger partial charge is 0.330 e. The Labute approximate surface area is 236 Å². The van der Waals surface area contributed by atoms with E-state index in [4.69, 9.17) is 0 Å². The highest BCUT2D eigenvalue weighted by Gasteiger charge is 2.33. The van der Waals surface area contributed by atoms with E-state index in [-0.39, 0.29) is 23.9 Å². The van der Waals surface area contributed by atoms with Gasteiger partial charge < -0.3 is 14.5 Å². The molecule has 0 N–H and O–H groups in total. The molecule has 214 valence electrons. The summed E-state index contributed by atoms with van der Waals surface area (Å²) in [7, 11) is 1.27. The van der Waals surface area contributed by atoms with Crippen LogP contribution in [-0.2, 0) is 19.1 Å². The van der Waals surface area contributed by atoms with Crippen LogP contribution in [0.15, 0.2) is 85.1 Å². The minimum absolute atomic E-state index is 0.102. The molecule has 2 amide bonds.